The lowest BCUT2D eigenvalue weighted by atomic mass is 10.3. The average Bonchev–Trinajstić information content (AvgIpc) is 2.15. The van der Waals surface area contributed by atoms with Gasteiger partial charge >= 0.3 is 0 Å². The van der Waals surface area contributed by atoms with Crippen molar-refractivity contribution in [3.63, 3.8) is 0 Å². The van der Waals surface area contributed by atoms with E-state index in [1.54, 1.807) is 6.92 Å². The summed E-state index contributed by atoms with van der Waals surface area (Å²) < 4.78 is 0. The molecular weight excluding hydrogens is 164 g/mol. The minimum atomic E-state index is -0.0246. The summed E-state index contributed by atoms with van der Waals surface area (Å²) in [5.74, 6) is -0.0246. The highest BCUT2D eigenvalue weighted by Crippen LogP contribution is 2.04. The summed E-state index contributed by atoms with van der Waals surface area (Å²) in [6, 6.07) is 9.50. The van der Waals surface area contributed by atoms with Gasteiger partial charge in [0.15, 0.2) is 5.78 Å². The number of carbonyl (C=O) groups excluding carboxylic acids is 1. The van der Waals surface area contributed by atoms with Crippen LogP contribution in [0, 0.1) is 0 Å². The number of hydrogen-bond acceptors (Lipinski definition) is 3. The first-order valence-electron chi connectivity index (χ1n) is 4.06. The number of rotatable bonds is 3. The van der Waals surface area contributed by atoms with E-state index in [0.717, 1.165) is 5.69 Å². The molecule has 3 nitrogen and oxygen atoms in total. The molecule has 1 aromatic rings. The Balaban J connectivity index is 2.62. The van der Waals surface area contributed by atoms with Crippen LogP contribution in [0.25, 0.3) is 0 Å². The van der Waals surface area contributed by atoms with Crippen molar-refractivity contribution in [1.82, 2.24) is 0 Å². The fourth-order valence-corrected chi connectivity index (χ4v) is 0.740. The van der Waals surface area contributed by atoms with Crippen LogP contribution in [0.15, 0.2) is 35.4 Å². The van der Waals surface area contributed by atoms with Crippen LogP contribution in [0.2, 0.25) is 0 Å². The zero-order valence-corrected chi connectivity index (χ0v) is 7.74. The molecule has 0 saturated carbocycles. The Morgan fingerprint density at radius 2 is 1.85 bits per heavy atom. The molecule has 0 heterocycles. The fraction of sp³-hybridized carbons (Fsp3) is 0.200. The van der Waals surface area contributed by atoms with E-state index in [4.69, 9.17) is 0 Å². The van der Waals surface area contributed by atoms with Crippen molar-refractivity contribution in [3.8, 4) is 0 Å². The first-order valence-corrected chi connectivity index (χ1v) is 4.06. The third-order valence-electron chi connectivity index (χ3n) is 1.64. The van der Waals surface area contributed by atoms with Crippen LogP contribution in [0.4, 0.5) is 5.69 Å². The highest BCUT2D eigenvalue weighted by molar-refractivity contribution is 6.38. The number of hydrazone groups is 1. The number of para-hydroxylation sites is 1. The molecule has 1 N–H and O–H groups in total. The number of carbonyl (C=O) groups is 1. The number of Topliss-reactive ketones (excluding diaryl/α,β-unsaturated/α-hetero) is 1. The number of hydrogen-bond donors (Lipinski definition) is 1. The Morgan fingerprint density at radius 3 is 2.38 bits per heavy atom. The van der Waals surface area contributed by atoms with Crippen molar-refractivity contribution in [2.24, 2.45) is 5.10 Å². The topological polar surface area (TPSA) is 41.5 Å². The second-order valence-electron chi connectivity index (χ2n) is 2.73. The van der Waals surface area contributed by atoms with E-state index in [1.165, 1.54) is 6.92 Å². The van der Waals surface area contributed by atoms with Crippen molar-refractivity contribution in [3.05, 3.63) is 30.3 Å². The predicted octanol–water partition coefficient (Wildman–Crippen LogP) is 2.06. The molecule has 68 valence electrons. The molecule has 0 spiro atoms. The maximum Gasteiger partial charge on any atom is 0.175 e. The lowest BCUT2D eigenvalue weighted by Gasteiger charge is -1.99. The minimum absolute atomic E-state index is 0.0246. The predicted molar refractivity (Wildman–Crippen MR) is 53.9 cm³/mol. The number of ketones is 1. The van der Waals surface area contributed by atoms with Gasteiger partial charge in [0, 0.05) is 6.92 Å². The third-order valence-corrected chi connectivity index (χ3v) is 1.64. The Hall–Kier alpha value is -1.64. The Kier molecular flexibility index (Phi) is 3.20. The van der Waals surface area contributed by atoms with E-state index < -0.39 is 0 Å². The summed E-state index contributed by atoms with van der Waals surface area (Å²) in [5, 5.41) is 3.91. The van der Waals surface area contributed by atoms with E-state index in [2.05, 4.69) is 10.5 Å². The molecule has 3 heteroatoms. The summed E-state index contributed by atoms with van der Waals surface area (Å²) in [6.07, 6.45) is 0. The van der Waals surface area contributed by atoms with Crippen LogP contribution < -0.4 is 5.43 Å². The summed E-state index contributed by atoms with van der Waals surface area (Å²) in [4.78, 5) is 10.8. The molecule has 1 rings (SSSR count). The molecule has 0 aliphatic carbocycles. The van der Waals surface area contributed by atoms with Gasteiger partial charge < -0.3 is 0 Å². The summed E-state index contributed by atoms with van der Waals surface area (Å²) in [5.41, 5.74) is 4.15. The molecular formula is C10H12N2O. The largest absolute Gasteiger partial charge is 0.293 e. The van der Waals surface area contributed by atoms with Gasteiger partial charge in [0.1, 0.15) is 5.71 Å². The Bertz CT molecular complexity index is 317. The van der Waals surface area contributed by atoms with Gasteiger partial charge in [-0.05, 0) is 19.1 Å². The average molecular weight is 176 g/mol. The van der Waals surface area contributed by atoms with Crippen LogP contribution in [-0.4, -0.2) is 11.5 Å². The Labute approximate surface area is 77.5 Å². The van der Waals surface area contributed by atoms with Crippen molar-refractivity contribution in [2.75, 3.05) is 5.43 Å². The molecule has 0 amide bonds. The number of nitrogens with one attached hydrogen (secondary N) is 1. The molecule has 0 aliphatic heterocycles. The number of nitrogens with zero attached hydrogens (tertiary/aromatic N) is 1. The van der Waals surface area contributed by atoms with Crippen molar-refractivity contribution in [1.29, 1.82) is 0 Å². The van der Waals surface area contributed by atoms with E-state index in [1.807, 2.05) is 30.3 Å². The molecule has 0 aromatic heterocycles. The molecule has 13 heavy (non-hydrogen) atoms. The van der Waals surface area contributed by atoms with E-state index >= 15 is 0 Å². The maximum atomic E-state index is 10.8. The second-order valence-corrected chi connectivity index (χ2v) is 2.73. The van der Waals surface area contributed by atoms with E-state index in [9.17, 15) is 4.79 Å². The normalized spacial score (nSPS) is 11.1. The van der Waals surface area contributed by atoms with E-state index in [-0.39, 0.29) is 5.78 Å². The second kappa shape index (κ2) is 4.40. The first-order chi connectivity index (χ1) is 6.20. The van der Waals surface area contributed by atoms with Gasteiger partial charge in [0.25, 0.3) is 0 Å². The van der Waals surface area contributed by atoms with Crippen LogP contribution >= 0.6 is 0 Å². The minimum Gasteiger partial charge on any atom is -0.293 e. The van der Waals surface area contributed by atoms with Crippen molar-refractivity contribution in [2.45, 2.75) is 13.8 Å². The maximum absolute atomic E-state index is 10.8. The van der Waals surface area contributed by atoms with Gasteiger partial charge in [-0.25, -0.2) is 0 Å². The van der Waals surface area contributed by atoms with Crippen molar-refractivity contribution >= 4 is 17.2 Å². The van der Waals surface area contributed by atoms with Crippen LogP contribution in [0.5, 0.6) is 0 Å². The highest BCUT2D eigenvalue weighted by Gasteiger charge is 1.96. The lowest BCUT2D eigenvalue weighted by Crippen LogP contribution is -2.06. The van der Waals surface area contributed by atoms with Crippen LogP contribution in [0.3, 0.4) is 0 Å². The van der Waals surface area contributed by atoms with Crippen LogP contribution in [0.1, 0.15) is 13.8 Å². The third kappa shape index (κ3) is 3.07. The summed E-state index contributed by atoms with van der Waals surface area (Å²) in [7, 11) is 0. The van der Waals surface area contributed by atoms with Gasteiger partial charge in [0.05, 0.1) is 5.69 Å². The van der Waals surface area contributed by atoms with Crippen LogP contribution in [-0.2, 0) is 4.79 Å². The highest BCUT2D eigenvalue weighted by atomic mass is 16.1. The summed E-state index contributed by atoms with van der Waals surface area (Å²) >= 11 is 0. The van der Waals surface area contributed by atoms with E-state index in [0.29, 0.717) is 5.71 Å². The zero-order valence-electron chi connectivity index (χ0n) is 7.74. The molecule has 0 aliphatic rings. The molecule has 0 saturated heterocycles. The molecule has 0 radical (unpaired) electrons. The summed E-state index contributed by atoms with van der Waals surface area (Å²) in [6.45, 7) is 3.17. The molecule has 0 bridgehead atoms. The van der Waals surface area contributed by atoms with Gasteiger partial charge in [0.2, 0.25) is 0 Å². The standard InChI is InChI=1S/C10H12N2O/c1-8(9(2)13)11-12-10-6-4-3-5-7-10/h3-7,12H,1-2H3/b11-8+. The molecule has 0 unspecified atom stereocenters. The SMILES string of the molecule is CC(=O)/C(C)=N/Nc1ccccc1. The molecule has 1 aromatic carbocycles. The number of benzene rings is 1. The Morgan fingerprint density at radius 1 is 1.23 bits per heavy atom. The first kappa shape index (κ1) is 9.45. The number of anilines is 1. The lowest BCUT2D eigenvalue weighted by molar-refractivity contribution is -0.111. The zero-order chi connectivity index (χ0) is 9.68. The monoisotopic (exact) mass is 176 g/mol. The van der Waals surface area contributed by atoms with Gasteiger partial charge in [-0.15, -0.1) is 0 Å². The quantitative estimate of drug-likeness (QED) is 0.565. The van der Waals surface area contributed by atoms with Gasteiger partial charge in [-0.2, -0.15) is 5.10 Å². The molecule has 0 atom stereocenters. The molecule has 0 fully saturated rings. The van der Waals surface area contributed by atoms with Crippen molar-refractivity contribution < 1.29 is 4.79 Å². The van der Waals surface area contributed by atoms with Gasteiger partial charge in [-0.3, -0.25) is 10.2 Å². The van der Waals surface area contributed by atoms with Gasteiger partial charge in [-0.1, -0.05) is 18.2 Å². The smallest absolute Gasteiger partial charge is 0.175 e. The fourth-order valence-electron chi connectivity index (χ4n) is 0.740.